The predicted molar refractivity (Wildman–Crippen MR) is 102 cm³/mol. The standard InChI is InChI=1S/C21H22N2O3/c1-3-16-17-11-7-8-12-19(17)22-20(18(16)14-25-2)23-21(24)26-13-15-9-5-4-6-10-15/h4-12H,3,13-14H2,1-2H3,(H,22,23,24). The fourth-order valence-corrected chi connectivity index (χ4v) is 2.98. The zero-order valence-corrected chi connectivity index (χ0v) is 15.0. The predicted octanol–water partition coefficient (Wildman–Crippen LogP) is 4.69. The van der Waals surface area contributed by atoms with Gasteiger partial charge in [-0.15, -0.1) is 0 Å². The van der Waals surface area contributed by atoms with E-state index in [1.165, 1.54) is 0 Å². The number of methoxy groups -OCH3 is 1. The summed E-state index contributed by atoms with van der Waals surface area (Å²) < 4.78 is 10.7. The molecule has 5 heteroatoms. The van der Waals surface area contributed by atoms with Crippen molar-refractivity contribution >= 4 is 22.8 Å². The van der Waals surface area contributed by atoms with Gasteiger partial charge in [0, 0.05) is 18.1 Å². The highest BCUT2D eigenvalue weighted by molar-refractivity contribution is 5.90. The molecule has 0 aliphatic carbocycles. The minimum absolute atomic E-state index is 0.209. The van der Waals surface area contributed by atoms with Gasteiger partial charge in [0.1, 0.15) is 12.4 Å². The molecule has 1 aromatic heterocycles. The highest BCUT2D eigenvalue weighted by Crippen LogP contribution is 2.28. The molecule has 134 valence electrons. The molecule has 3 aromatic rings. The van der Waals surface area contributed by atoms with Crippen LogP contribution in [0.25, 0.3) is 10.9 Å². The Hall–Kier alpha value is -2.92. The van der Waals surface area contributed by atoms with Gasteiger partial charge >= 0.3 is 6.09 Å². The van der Waals surface area contributed by atoms with E-state index < -0.39 is 6.09 Å². The van der Waals surface area contributed by atoms with Crippen LogP contribution < -0.4 is 5.32 Å². The first-order valence-corrected chi connectivity index (χ1v) is 8.60. The number of amides is 1. The number of hydrogen-bond acceptors (Lipinski definition) is 4. The van der Waals surface area contributed by atoms with Crippen molar-refractivity contribution in [3.05, 3.63) is 71.3 Å². The second kappa shape index (κ2) is 8.45. The molecule has 0 saturated heterocycles. The number of benzene rings is 2. The number of aromatic nitrogens is 1. The van der Waals surface area contributed by atoms with E-state index in [1.54, 1.807) is 7.11 Å². The Balaban J connectivity index is 1.85. The minimum atomic E-state index is -0.531. The van der Waals surface area contributed by atoms with Gasteiger partial charge in [-0.25, -0.2) is 9.78 Å². The molecular weight excluding hydrogens is 328 g/mol. The van der Waals surface area contributed by atoms with Crippen molar-refractivity contribution in [2.24, 2.45) is 0 Å². The Labute approximate surface area is 153 Å². The third-order valence-corrected chi connectivity index (χ3v) is 4.19. The number of rotatable bonds is 6. The maximum atomic E-state index is 12.3. The number of nitrogens with one attached hydrogen (secondary N) is 1. The first-order valence-electron chi connectivity index (χ1n) is 8.60. The van der Waals surface area contributed by atoms with Crippen LogP contribution in [0.2, 0.25) is 0 Å². The highest BCUT2D eigenvalue weighted by Gasteiger charge is 2.16. The number of hydrogen-bond donors (Lipinski definition) is 1. The summed E-state index contributed by atoms with van der Waals surface area (Å²) in [7, 11) is 1.63. The van der Waals surface area contributed by atoms with Crippen molar-refractivity contribution < 1.29 is 14.3 Å². The summed E-state index contributed by atoms with van der Waals surface area (Å²) in [5, 5.41) is 3.85. The van der Waals surface area contributed by atoms with Crippen LogP contribution in [0.1, 0.15) is 23.6 Å². The van der Waals surface area contributed by atoms with E-state index in [0.29, 0.717) is 12.4 Å². The highest BCUT2D eigenvalue weighted by atomic mass is 16.5. The summed E-state index contributed by atoms with van der Waals surface area (Å²) >= 11 is 0. The van der Waals surface area contributed by atoms with E-state index >= 15 is 0 Å². The van der Waals surface area contributed by atoms with Gasteiger partial charge < -0.3 is 9.47 Å². The summed E-state index contributed by atoms with van der Waals surface area (Å²) in [6.07, 6.45) is 0.284. The second-order valence-electron chi connectivity index (χ2n) is 5.91. The Morgan fingerprint density at radius 1 is 1.00 bits per heavy atom. The van der Waals surface area contributed by atoms with Crippen LogP contribution in [0.5, 0.6) is 0 Å². The van der Waals surface area contributed by atoms with Gasteiger partial charge in [0.25, 0.3) is 0 Å². The number of carbonyl (C=O) groups is 1. The van der Waals surface area contributed by atoms with Crippen LogP contribution in [0, 0.1) is 0 Å². The fraction of sp³-hybridized carbons (Fsp3) is 0.238. The molecule has 26 heavy (non-hydrogen) atoms. The maximum absolute atomic E-state index is 12.3. The van der Waals surface area contributed by atoms with Crippen molar-refractivity contribution in [1.82, 2.24) is 4.98 Å². The first kappa shape index (κ1) is 17.9. The van der Waals surface area contributed by atoms with Crippen molar-refractivity contribution in [2.45, 2.75) is 26.6 Å². The summed E-state index contributed by atoms with van der Waals surface area (Å²) in [4.78, 5) is 16.9. The molecule has 0 unspecified atom stereocenters. The van der Waals surface area contributed by atoms with Crippen LogP contribution in [0.15, 0.2) is 54.6 Å². The molecule has 0 saturated carbocycles. The van der Waals surface area contributed by atoms with E-state index in [-0.39, 0.29) is 6.61 Å². The molecule has 0 atom stereocenters. The van der Waals surface area contributed by atoms with Crippen molar-refractivity contribution in [3.63, 3.8) is 0 Å². The van der Waals surface area contributed by atoms with Crippen LogP contribution in [0.3, 0.4) is 0 Å². The number of para-hydroxylation sites is 1. The van der Waals surface area contributed by atoms with Gasteiger partial charge in [-0.3, -0.25) is 5.32 Å². The third kappa shape index (κ3) is 4.00. The van der Waals surface area contributed by atoms with Crippen LogP contribution >= 0.6 is 0 Å². The van der Waals surface area contributed by atoms with Gasteiger partial charge in [-0.05, 0) is 23.6 Å². The molecule has 0 spiro atoms. The maximum Gasteiger partial charge on any atom is 0.413 e. The lowest BCUT2D eigenvalue weighted by Gasteiger charge is -2.16. The Bertz CT molecular complexity index is 894. The third-order valence-electron chi connectivity index (χ3n) is 4.19. The zero-order chi connectivity index (χ0) is 18.4. The molecule has 1 amide bonds. The Morgan fingerprint density at radius 2 is 1.73 bits per heavy atom. The Kier molecular flexibility index (Phi) is 5.81. The molecule has 3 rings (SSSR count). The molecule has 1 heterocycles. The topological polar surface area (TPSA) is 60.5 Å². The van der Waals surface area contributed by atoms with E-state index in [4.69, 9.17) is 9.47 Å². The largest absolute Gasteiger partial charge is 0.444 e. The SMILES string of the molecule is CCc1c(COC)c(NC(=O)OCc2ccccc2)nc2ccccc12. The quantitative estimate of drug-likeness (QED) is 0.700. The van der Waals surface area contributed by atoms with Gasteiger partial charge in [0.2, 0.25) is 0 Å². The number of fused-ring (bicyclic) bond motifs is 1. The molecule has 2 aromatic carbocycles. The van der Waals surface area contributed by atoms with Gasteiger partial charge in [0.05, 0.1) is 12.1 Å². The second-order valence-corrected chi connectivity index (χ2v) is 5.91. The lowest BCUT2D eigenvalue weighted by molar-refractivity contribution is 0.154. The van der Waals surface area contributed by atoms with E-state index in [9.17, 15) is 4.79 Å². The van der Waals surface area contributed by atoms with Gasteiger partial charge in [-0.2, -0.15) is 0 Å². The molecule has 0 aliphatic heterocycles. The molecule has 0 radical (unpaired) electrons. The zero-order valence-electron chi connectivity index (χ0n) is 15.0. The Morgan fingerprint density at radius 3 is 2.46 bits per heavy atom. The van der Waals surface area contributed by atoms with Crippen LogP contribution in [0.4, 0.5) is 10.6 Å². The van der Waals surface area contributed by atoms with E-state index in [0.717, 1.165) is 34.0 Å². The number of pyridine rings is 1. The minimum Gasteiger partial charge on any atom is -0.444 e. The first-order chi connectivity index (χ1) is 12.7. The summed E-state index contributed by atoms with van der Waals surface area (Å²) in [6, 6.07) is 17.5. The van der Waals surface area contributed by atoms with Crippen LogP contribution in [-0.2, 0) is 29.1 Å². The number of anilines is 1. The number of aryl methyl sites for hydroxylation is 1. The fourth-order valence-electron chi connectivity index (χ4n) is 2.98. The molecule has 0 fully saturated rings. The molecule has 0 bridgehead atoms. The van der Waals surface area contributed by atoms with Crippen molar-refractivity contribution in [3.8, 4) is 0 Å². The normalized spacial score (nSPS) is 10.7. The van der Waals surface area contributed by atoms with Crippen LogP contribution in [-0.4, -0.2) is 18.2 Å². The summed E-state index contributed by atoms with van der Waals surface area (Å²) in [6.45, 7) is 2.66. The lowest BCUT2D eigenvalue weighted by Crippen LogP contribution is -2.17. The summed E-state index contributed by atoms with van der Waals surface area (Å²) in [5.74, 6) is 0.487. The average molecular weight is 350 g/mol. The van der Waals surface area contributed by atoms with Gasteiger partial charge in [0.15, 0.2) is 0 Å². The van der Waals surface area contributed by atoms with Crippen molar-refractivity contribution in [1.29, 1.82) is 0 Å². The van der Waals surface area contributed by atoms with E-state index in [2.05, 4.69) is 17.2 Å². The van der Waals surface area contributed by atoms with Gasteiger partial charge in [-0.1, -0.05) is 55.5 Å². The van der Waals surface area contributed by atoms with Crippen molar-refractivity contribution in [2.75, 3.05) is 12.4 Å². The lowest BCUT2D eigenvalue weighted by atomic mass is 10.0. The molecule has 0 aliphatic rings. The molecule has 5 nitrogen and oxygen atoms in total. The number of ether oxygens (including phenoxy) is 2. The summed E-state index contributed by atoms with van der Waals surface area (Å²) in [5.41, 5.74) is 3.77. The van der Waals surface area contributed by atoms with E-state index in [1.807, 2.05) is 54.6 Å². The molecular formula is C21H22N2O3. The smallest absolute Gasteiger partial charge is 0.413 e. The number of nitrogens with zero attached hydrogens (tertiary/aromatic N) is 1. The molecule has 1 N–H and O–H groups in total. The average Bonchev–Trinajstić information content (AvgIpc) is 2.68. The monoisotopic (exact) mass is 350 g/mol. The number of carbonyl (C=O) groups excluding carboxylic acids is 1.